The quantitative estimate of drug-likeness (QED) is 0.334. The van der Waals surface area contributed by atoms with E-state index in [1.54, 1.807) is 0 Å². The molecule has 0 amide bonds. The first-order valence-corrected chi connectivity index (χ1v) is 5.00. The van der Waals surface area contributed by atoms with Crippen LogP contribution in [0.2, 0.25) is 0 Å². The molecule has 0 spiro atoms. The molecular weight excluding hydrogens is 320 g/mol. The molecule has 0 aromatic carbocycles. The van der Waals surface area contributed by atoms with E-state index in [1.807, 2.05) is 0 Å². The summed E-state index contributed by atoms with van der Waals surface area (Å²) in [4.78, 5) is 18.9. The Balaban J connectivity index is 4.37. The van der Waals surface area contributed by atoms with Crippen LogP contribution in [0.3, 0.4) is 0 Å². The van der Waals surface area contributed by atoms with E-state index < -0.39 is 35.0 Å². The summed E-state index contributed by atoms with van der Waals surface area (Å²) in [6.07, 6.45) is 0. The summed E-state index contributed by atoms with van der Waals surface area (Å²) in [5.41, 5.74) is 0. The number of rotatable bonds is 4. The maximum atomic E-state index is 11.7. The molecule has 0 atom stereocenters. The van der Waals surface area contributed by atoms with Crippen LogP contribution in [0.25, 0.3) is 0 Å². The Morgan fingerprint density at radius 2 is 1.38 bits per heavy atom. The van der Waals surface area contributed by atoms with Gasteiger partial charge in [0.1, 0.15) is 0 Å². The van der Waals surface area contributed by atoms with E-state index in [4.69, 9.17) is 0 Å². The fourth-order valence-electron chi connectivity index (χ4n) is 0.193. The van der Waals surface area contributed by atoms with Crippen LogP contribution in [0.5, 0.6) is 0 Å². The van der Waals surface area contributed by atoms with Crippen LogP contribution < -0.4 is 0 Å². The predicted octanol–water partition coefficient (Wildman–Crippen LogP) is 1.26. The minimum absolute atomic E-state index is 1.78. The first kappa shape index (κ1) is 11.9. The fourth-order valence-corrected chi connectivity index (χ4v) is 1.30. The van der Waals surface area contributed by atoms with Crippen molar-refractivity contribution in [2.24, 2.45) is 0 Å². The average Bonchev–Trinajstić information content (AvgIpc) is 1.81. The molecule has 8 nitrogen and oxygen atoms in total. The molecule has 0 N–H and O–H groups in total. The van der Waals surface area contributed by atoms with Gasteiger partial charge in [-0.3, -0.25) is 0 Å². The molecule has 13 heavy (non-hydrogen) atoms. The van der Waals surface area contributed by atoms with Gasteiger partial charge in [0.05, 0.1) is 0 Å². The van der Waals surface area contributed by atoms with Crippen LogP contribution in [0.15, 0.2) is 0 Å². The monoisotopic (exact) mass is 320 g/mol. The number of alkyl halides is 4. The van der Waals surface area contributed by atoms with Gasteiger partial charge >= 0.3 is 74.7 Å². The van der Waals surface area contributed by atoms with Crippen molar-refractivity contribution in [3.8, 4) is 0 Å². The van der Waals surface area contributed by atoms with E-state index in [0.717, 1.165) is 0 Å². The Bertz CT molecular complexity index is 200. The predicted molar refractivity (Wildman–Crippen MR) is 36.2 cm³/mol. The Morgan fingerprint density at radius 3 is 1.54 bits per heavy atom. The van der Waals surface area contributed by atoms with Crippen molar-refractivity contribution in [2.75, 3.05) is 0 Å². The van der Waals surface area contributed by atoms with E-state index in [9.17, 15) is 33.4 Å². The number of hydrogen-bond acceptors (Lipinski definition) is 6. The second kappa shape index (κ2) is 4.24. The number of nitrogens with zero attached hydrogens (tertiary/aromatic N) is 2. The molecule has 0 aliphatic carbocycles. The Hall–Kier alpha value is -1.08. The molecular formula is CF3IN2O6. The molecule has 0 aliphatic heterocycles. The molecule has 0 rings (SSSR count). The summed E-state index contributed by atoms with van der Waals surface area (Å²) in [7, 11) is 0. The summed E-state index contributed by atoms with van der Waals surface area (Å²) < 4.78 is 35.8. The second-order valence-corrected chi connectivity index (χ2v) is 4.48. The third kappa shape index (κ3) is 5.21. The third-order valence-electron chi connectivity index (χ3n) is 0.413. The molecule has 0 heterocycles. The van der Waals surface area contributed by atoms with Crippen LogP contribution in [0, 0.1) is 20.2 Å². The summed E-state index contributed by atoms with van der Waals surface area (Å²) in [6, 6.07) is 0. The van der Waals surface area contributed by atoms with Crippen LogP contribution in [0.4, 0.5) is 13.2 Å². The van der Waals surface area contributed by atoms with Gasteiger partial charge in [-0.05, 0) is 0 Å². The molecule has 0 fully saturated rings. The molecule has 12 heteroatoms. The molecule has 0 radical (unpaired) electrons. The number of halogens is 4. The topological polar surface area (TPSA) is 105 Å². The van der Waals surface area contributed by atoms with Crippen LogP contribution in [0.1, 0.15) is 0 Å². The van der Waals surface area contributed by atoms with Crippen molar-refractivity contribution in [3.63, 3.8) is 0 Å². The molecule has 0 bridgehead atoms. The Morgan fingerprint density at radius 1 is 1.08 bits per heavy atom. The molecule has 0 saturated heterocycles. The molecule has 78 valence electrons. The van der Waals surface area contributed by atoms with Crippen molar-refractivity contribution >= 4 is 20.6 Å². The third-order valence-corrected chi connectivity index (χ3v) is 2.77. The normalized spacial score (nSPS) is 11.8. The van der Waals surface area contributed by atoms with Crippen molar-refractivity contribution in [2.45, 2.75) is 4.18 Å². The maximum absolute atomic E-state index is 11.7. The van der Waals surface area contributed by atoms with Gasteiger partial charge in [-0.1, -0.05) is 0 Å². The van der Waals surface area contributed by atoms with Gasteiger partial charge in [0, 0.05) is 0 Å². The van der Waals surface area contributed by atoms with Crippen LogP contribution >= 0.6 is 20.6 Å². The van der Waals surface area contributed by atoms with Gasteiger partial charge in [0.25, 0.3) is 0 Å². The first-order chi connectivity index (χ1) is 5.73. The standard InChI is InChI=1S/CF3IN2O6/c2-1(3,4)5(12-6(8)9)13-7(10)11. The summed E-state index contributed by atoms with van der Waals surface area (Å²) in [5.74, 6) is 0. The van der Waals surface area contributed by atoms with Crippen molar-refractivity contribution in [1.29, 1.82) is 0 Å². The van der Waals surface area contributed by atoms with E-state index >= 15 is 0 Å². The van der Waals surface area contributed by atoms with Crippen LogP contribution in [-0.2, 0) is 6.33 Å². The summed E-state index contributed by atoms with van der Waals surface area (Å²) in [6.45, 7) is 0. The Kier molecular flexibility index (Phi) is 3.89. The molecule has 0 aliphatic rings. The molecule has 0 aromatic heterocycles. The number of hydrogen-bond donors (Lipinski definition) is 0. The minimum atomic E-state index is -5.19. The van der Waals surface area contributed by atoms with Crippen molar-refractivity contribution in [3.05, 3.63) is 20.2 Å². The molecule has 0 saturated carbocycles. The van der Waals surface area contributed by atoms with Gasteiger partial charge in [0.2, 0.25) is 0 Å². The van der Waals surface area contributed by atoms with Crippen LogP contribution in [-0.4, -0.2) is 14.4 Å². The molecule has 0 aromatic rings. The fraction of sp³-hybridized carbons (Fsp3) is 1.00. The average molecular weight is 320 g/mol. The zero-order valence-electron chi connectivity index (χ0n) is 5.36. The van der Waals surface area contributed by atoms with Gasteiger partial charge in [-0.15, -0.1) is 0 Å². The van der Waals surface area contributed by atoms with E-state index in [2.05, 4.69) is 6.33 Å². The molecule has 0 unspecified atom stereocenters. The SMILES string of the molecule is O=[N+]([O-])OI(O[N+](=O)[O-])C(F)(F)F. The van der Waals surface area contributed by atoms with Gasteiger partial charge in [0.15, 0.2) is 0 Å². The summed E-state index contributed by atoms with van der Waals surface area (Å²) in [5, 5.41) is 15.4. The van der Waals surface area contributed by atoms with E-state index in [-0.39, 0.29) is 0 Å². The second-order valence-electron chi connectivity index (χ2n) is 1.23. The zero-order valence-corrected chi connectivity index (χ0v) is 7.51. The van der Waals surface area contributed by atoms with Gasteiger partial charge in [-0.25, -0.2) is 0 Å². The van der Waals surface area contributed by atoms with Crippen molar-refractivity contribution in [1.82, 2.24) is 0 Å². The Labute approximate surface area is 75.3 Å². The first-order valence-electron chi connectivity index (χ1n) is 2.16. The zero-order chi connectivity index (χ0) is 10.6. The van der Waals surface area contributed by atoms with Gasteiger partial charge < -0.3 is 0 Å². The summed E-state index contributed by atoms with van der Waals surface area (Å²) >= 11 is -5.12. The van der Waals surface area contributed by atoms with Crippen molar-refractivity contribution < 1.29 is 29.7 Å². The van der Waals surface area contributed by atoms with Gasteiger partial charge in [-0.2, -0.15) is 0 Å². The van der Waals surface area contributed by atoms with E-state index in [0.29, 0.717) is 0 Å². The van der Waals surface area contributed by atoms with E-state index in [1.165, 1.54) is 0 Å².